The Kier molecular flexibility index (Phi) is 4.79. The molecule has 0 saturated carbocycles. The Balaban J connectivity index is 2.08. The molecular weight excluding hydrogens is 258 g/mol. The third-order valence-electron chi connectivity index (χ3n) is 3.33. The minimum atomic E-state index is -0.430. The van der Waals surface area contributed by atoms with E-state index in [2.05, 4.69) is 10.3 Å². The predicted octanol–water partition coefficient (Wildman–Crippen LogP) is 1.82. The molecule has 1 aromatic heterocycles. The molecule has 3 N–H and O–H groups in total. The molecule has 0 radical (unpaired) electrons. The number of esters is 1. The van der Waals surface area contributed by atoms with E-state index in [-0.39, 0.29) is 12.1 Å². The molecule has 2 unspecified atom stereocenters. The Morgan fingerprint density at radius 2 is 2.50 bits per heavy atom. The third-order valence-corrected chi connectivity index (χ3v) is 3.33. The number of aromatic nitrogens is 1. The van der Waals surface area contributed by atoms with Crippen LogP contribution in [0, 0.1) is 0 Å². The van der Waals surface area contributed by atoms with Crippen LogP contribution in [0.2, 0.25) is 0 Å². The number of ether oxygens (including phenoxy) is 2. The number of hydrogen-bond donors (Lipinski definition) is 2. The van der Waals surface area contributed by atoms with Gasteiger partial charge in [-0.3, -0.25) is 0 Å². The van der Waals surface area contributed by atoms with Crippen LogP contribution in [0.4, 0.5) is 11.5 Å². The van der Waals surface area contributed by atoms with Crippen LogP contribution < -0.4 is 11.1 Å². The molecule has 6 nitrogen and oxygen atoms in total. The zero-order valence-corrected chi connectivity index (χ0v) is 11.9. The standard InChI is InChI=1S/C14H21N3O3/c1-3-19-14(18)10-7-13(16-8-11(10)15)17-9(2)12-5-4-6-20-12/h7-9,12H,3-6,15H2,1-2H3,(H,16,17). The van der Waals surface area contributed by atoms with Crippen molar-refractivity contribution < 1.29 is 14.3 Å². The summed E-state index contributed by atoms with van der Waals surface area (Å²) in [5.41, 5.74) is 6.41. The second-order valence-corrected chi connectivity index (χ2v) is 4.86. The van der Waals surface area contributed by atoms with Crippen molar-refractivity contribution in [2.24, 2.45) is 0 Å². The molecule has 0 amide bonds. The minimum absolute atomic E-state index is 0.128. The number of carbonyl (C=O) groups excluding carboxylic acids is 1. The van der Waals surface area contributed by atoms with Crippen molar-refractivity contribution >= 4 is 17.5 Å². The average molecular weight is 279 g/mol. The molecular formula is C14H21N3O3. The van der Waals surface area contributed by atoms with E-state index in [1.807, 2.05) is 6.92 Å². The Labute approximate surface area is 118 Å². The lowest BCUT2D eigenvalue weighted by molar-refractivity contribution is 0.0527. The number of pyridine rings is 1. The molecule has 1 aliphatic rings. The Hall–Kier alpha value is -1.82. The highest BCUT2D eigenvalue weighted by molar-refractivity contribution is 5.95. The van der Waals surface area contributed by atoms with E-state index in [1.54, 1.807) is 13.0 Å². The summed E-state index contributed by atoms with van der Waals surface area (Å²) in [7, 11) is 0. The van der Waals surface area contributed by atoms with Crippen molar-refractivity contribution in [3.63, 3.8) is 0 Å². The van der Waals surface area contributed by atoms with Crippen molar-refractivity contribution in [2.75, 3.05) is 24.3 Å². The van der Waals surface area contributed by atoms with Crippen molar-refractivity contribution in [1.29, 1.82) is 0 Å². The van der Waals surface area contributed by atoms with Crippen LogP contribution in [0.1, 0.15) is 37.0 Å². The number of nitrogens with one attached hydrogen (secondary N) is 1. The lowest BCUT2D eigenvalue weighted by Gasteiger charge is -2.20. The first-order valence-electron chi connectivity index (χ1n) is 6.92. The summed E-state index contributed by atoms with van der Waals surface area (Å²) in [5.74, 6) is 0.172. The molecule has 0 bridgehead atoms. The van der Waals surface area contributed by atoms with Crippen LogP contribution in [0.3, 0.4) is 0 Å². The van der Waals surface area contributed by atoms with Gasteiger partial charge in [-0.1, -0.05) is 0 Å². The molecule has 20 heavy (non-hydrogen) atoms. The minimum Gasteiger partial charge on any atom is -0.462 e. The monoisotopic (exact) mass is 279 g/mol. The average Bonchev–Trinajstić information content (AvgIpc) is 2.95. The molecule has 0 aromatic carbocycles. The molecule has 0 spiro atoms. The molecule has 2 heterocycles. The number of nitrogens with two attached hydrogens (primary N) is 1. The molecule has 1 aromatic rings. The summed E-state index contributed by atoms with van der Waals surface area (Å²) in [6.07, 6.45) is 3.77. The summed E-state index contributed by atoms with van der Waals surface area (Å²) < 4.78 is 10.6. The number of nitrogens with zero attached hydrogens (tertiary/aromatic N) is 1. The highest BCUT2D eigenvalue weighted by Crippen LogP contribution is 2.20. The van der Waals surface area contributed by atoms with E-state index < -0.39 is 5.97 Å². The van der Waals surface area contributed by atoms with Crippen LogP contribution in [-0.2, 0) is 9.47 Å². The van der Waals surface area contributed by atoms with Crippen molar-refractivity contribution in [1.82, 2.24) is 4.98 Å². The number of rotatable bonds is 5. The van der Waals surface area contributed by atoms with Gasteiger partial charge >= 0.3 is 5.97 Å². The molecule has 1 saturated heterocycles. The molecule has 110 valence electrons. The van der Waals surface area contributed by atoms with E-state index in [0.29, 0.717) is 23.7 Å². The van der Waals surface area contributed by atoms with Gasteiger partial charge in [0.15, 0.2) is 0 Å². The van der Waals surface area contributed by atoms with Gasteiger partial charge in [-0.2, -0.15) is 0 Å². The fourth-order valence-corrected chi connectivity index (χ4v) is 2.25. The van der Waals surface area contributed by atoms with Gasteiger partial charge < -0.3 is 20.5 Å². The summed E-state index contributed by atoms with van der Waals surface area (Å²) in [6.45, 7) is 4.92. The maximum Gasteiger partial charge on any atom is 0.340 e. The van der Waals surface area contributed by atoms with E-state index in [9.17, 15) is 4.79 Å². The summed E-state index contributed by atoms with van der Waals surface area (Å²) >= 11 is 0. The van der Waals surface area contributed by atoms with E-state index in [0.717, 1.165) is 19.4 Å². The van der Waals surface area contributed by atoms with Gasteiger partial charge in [0.1, 0.15) is 5.82 Å². The Morgan fingerprint density at radius 1 is 1.70 bits per heavy atom. The topological polar surface area (TPSA) is 86.5 Å². The zero-order chi connectivity index (χ0) is 14.5. The van der Waals surface area contributed by atoms with Gasteiger partial charge in [-0.15, -0.1) is 0 Å². The summed E-state index contributed by atoms with van der Waals surface area (Å²) in [6, 6.07) is 1.75. The second-order valence-electron chi connectivity index (χ2n) is 4.86. The van der Waals surface area contributed by atoms with E-state index in [4.69, 9.17) is 15.2 Å². The van der Waals surface area contributed by atoms with Crippen molar-refractivity contribution in [3.8, 4) is 0 Å². The van der Waals surface area contributed by atoms with Gasteiger partial charge in [0, 0.05) is 6.61 Å². The van der Waals surface area contributed by atoms with Gasteiger partial charge in [0.05, 0.1) is 36.2 Å². The van der Waals surface area contributed by atoms with Gasteiger partial charge in [-0.25, -0.2) is 9.78 Å². The van der Waals surface area contributed by atoms with Crippen LogP contribution in [-0.4, -0.2) is 36.3 Å². The lowest BCUT2D eigenvalue weighted by Crippen LogP contribution is -2.30. The first-order chi connectivity index (χ1) is 9.61. The molecule has 0 aliphatic carbocycles. The third kappa shape index (κ3) is 3.39. The normalized spacial score (nSPS) is 19.6. The van der Waals surface area contributed by atoms with Crippen LogP contribution in [0.25, 0.3) is 0 Å². The zero-order valence-electron chi connectivity index (χ0n) is 11.9. The fourth-order valence-electron chi connectivity index (χ4n) is 2.25. The second kappa shape index (κ2) is 6.56. The highest BCUT2D eigenvalue weighted by Gasteiger charge is 2.23. The highest BCUT2D eigenvalue weighted by atomic mass is 16.5. The van der Waals surface area contributed by atoms with Crippen LogP contribution >= 0.6 is 0 Å². The number of nitrogen functional groups attached to an aromatic ring is 1. The first-order valence-corrected chi connectivity index (χ1v) is 6.92. The van der Waals surface area contributed by atoms with Gasteiger partial charge in [0.25, 0.3) is 0 Å². The number of anilines is 2. The predicted molar refractivity (Wildman–Crippen MR) is 76.7 cm³/mol. The van der Waals surface area contributed by atoms with E-state index >= 15 is 0 Å². The summed E-state index contributed by atoms with van der Waals surface area (Å²) in [5, 5.41) is 3.25. The SMILES string of the molecule is CCOC(=O)c1cc(NC(C)C2CCCO2)ncc1N. The first kappa shape index (κ1) is 14.6. The van der Waals surface area contributed by atoms with Crippen molar-refractivity contribution in [3.05, 3.63) is 17.8 Å². The van der Waals surface area contributed by atoms with E-state index in [1.165, 1.54) is 6.20 Å². The summed E-state index contributed by atoms with van der Waals surface area (Å²) in [4.78, 5) is 16.0. The van der Waals surface area contributed by atoms with Crippen LogP contribution in [0.5, 0.6) is 0 Å². The van der Waals surface area contributed by atoms with Gasteiger partial charge in [-0.05, 0) is 32.8 Å². The number of hydrogen-bond acceptors (Lipinski definition) is 6. The van der Waals surface area contributed by atoms with Gasteiger partial charge in [0.2, 0.25) is 0 Å². The molecule has 1 aliphatic heterocycles. The lowest BCUT2D eigenvalue weighted by atomic mass is 10.1. The Bertz CT molecular complexity index is 473. The van der Waals surface area contributed by atoms with Crippen molar-refractivity contribution in [2.45, 2.75) is 38.8 Å². The molecule has 1 fully saturated rings. The molecule has 2 rings (SSSR count). The maximum absolute atomic E-state index is 11.8. The maximum atomic E-state index is 11.8. The molecule has 2 atom stereocenters. The smallest absolute Gasteiger partial charge is 0.340 e. The largest absolute Gasteiger partial charge is 0.462 e. The fraction of sp³-hybridized carbons (Fsp3) is 0.571. The van der Waals surface area contributed by atoms with Crippen LogP contribution in [0.15, 0.2) is 12.3 Å². The molecule has 6 heteroatoms. The quantitative estimate of drug-likeness (QED) is 0.799. The number of carbonyl (C=O) groups is 1. The Morgan fingerprint density at radius 3 is 3.15 bits per heavy atom.